The summed E-state index contributed by atoms with van der Waals surface area (Å²) in [5.74, 6) is 7.96. The molecule has 0 radical (unpaired) electrons. The average Bonchev–Trinajstić information content (AvgIpc) is 2.84. The minimum atomic E-state index is -0.945. The predicted molar refractivity (Wildman–Crippen MR) is 132 cm³/mol. The molecule has 0 saturated heterocycles. The normalized spacial score (nSPS) is 11.1. The van der Waals surface area contributed by atoms with Gasteiger partial charge < -0.3 is 18.9 Å². The second-order valence-corrected chi connectivity index (χ2v) is 8.75. The van der Waals surface area contributed by atoms with E-state index in [1.807, 2.05) is 44.2 Å². The Bertz CT molecular complexity index is 1110. The number of carbonyl (C=O) groups is 1. The van der Waals surface area contributed by atoms with Crippen molar-refractivity contribution >= 4 is 11.5 Å². The quantitative estimate of drug-likeness (QED) is 0.333. The Hall–Kier alpha value is -3.63. The number of amides is 1. The van der Waals surface area contributed by atoms with Crippen molar-refractivity contribution in [3.05, 3.63) is 53.6 Å². The number of ether oxygens (including phenoxy) is 4. The zero-order chi connectivity index (χ0) is 25.7. The largest absolute Gasteiger partial charge is 0.495 e. The van der Waals surface area contributed by atoms with Crippen LogP contribution in [-0.4, -0.2) is 39.6 Å². The Labute approximate surface area is 201 Å². The Kier molecular flexibility index (Phi) is 8.25. The fourth-order valence-corrected chi connectivity index (χ4v) is 3.22. The molecule has 0 atom stereocenters. The van der Waals surface area contributed by atoms with E-state index in [4.69, 9.17) is 24.2 Å². The van der Waals surface area contributed by atoms with Gasteiger partial charge in [-0.15, -0.1) is 0 Å². The van der Waals surface area contributed by atoms with Crippen LogP contribution in [-0.2, 0) is 4.79 Å². The van der Waals surface area contributed by atoms with Crippen LogP contribution in [0.4, 0.5) is 0 Å². The zero-order valence-corrected chi connectivity index (χ0v) is 21.1. The molecule has 34 heavy (non-hydrogen) atoms. The van der Waals surface area contributed by atoms with E-state index in [0.717, 1.165) is 16.7 Å². The summed E-state index contributed by atoms with van der Waals surface area (Å²) in [5, 5.41) is 9.11. The molecule has 0 saturated carbocycles. The predicted octanol–water partition coefficient (Wildman–Crippen LogP) is 4.69. The number of nitrogens with one attached hydrogen (secondary N) is 1. The van der Waals surface area contributed by atoms with Crippen molar-refractivity contribution in [3.63, 3.8) is 0 Å². The number of carbonyl (C=O) groups excluding carboxylic acids is 1. The minimum Gasteiger partial charge on any atom is -0.495 e. The van der Waals surface area contributed by atoms with Crippen LogP contribution in [0.1, 0.15) is 44.4 Å². The summed E-state index contributed by atoms with van der Waals surface area (Å²) >= 11 is 0. The topological polar surface area (TPSA) is 86.3 Å². The van der Waals surface area contributed by atoms with Crippen LogP contribution in [0.3, 0.4) is 0 Å². The van der Waals surface area contributed by atoms with E-state index in [1.54, 1.807) is 47.8 Å². The van der Waals surface area contributed by atoms with Crippen molar-refractivity contribution < 1.29 is 28.9 Å². The molecule has 1 amide bonds. The number of benzene rings is 2. The summed E-state index contributed by atoms with van der Waals surface area (Å²) in [6, 6.07) is 9.26. The number of rotatable bonds is 8. The molecule has 0 aromatic heterocycles. The maximum atomic E-state index is 12.2. The lowest BCUT2D eigenvalue weighted by Gasteiger charge is -2.35. The molecule has 0 aliphatic heterocycles. The summed E-state index contributed by atoms with van der Waals surface area (Å²) in [5.41, 5.74) is 3.01. The third kappa shape index (κ3) is 5.13. The summed E-state index contributed by atoms with van der Waals surface area (Å²) in [7, 11) is 6.25. The van der Waals surface area contributed by atoms with Crippen molar-refractivity contribution in [1.82, 2.24) is 5.48 Å². The van der Waals surface area contributed by atoms with Crippen LogP contribution in [0, 0.1) is 22.7 Å². The first kappa shape index (κ1) is 26.6. The molecule has 0 aliphatic carbocycles. The van der Waals surface area contributed by atoms with Crippen molar-refractivity contribution in [3.8, 4) is 34.8 Å². The van der Waals surface area contributed by atoms with Crippen LogP contribution in [0.15, 0.2) is 36.9 Å². The molecule has 0 unspecified atom stereocenters. The molecular formula is C27H33NO6. The molecule has 2 aromatic carbocycles. The van der Waals surface area contributed by atoms with Crippen LogP contribution < -0.4 is 24.4 Å². The van der Waals surface area contributed by atoms with Gasteiger partial charge in [-0.2, -0.15) is 0 Å². The van der Waals surface area contributed by atoms with Crippen molar-refractivity contribution in [1.29, 1.82) is 0 Å². The summed E-state index contributed by atoms with van der Waals surface area (Å²) in [4.78, 5) is 12.2. The smallest absolute Gasteiger partial charge is 0.250 e. The molecule has 2 rings (SSSR count). The Morgan fingerprint density at radius 3 is 1.91 bits per heavy atom. The molecule has 0 bridgehead atoms. The summed E-state index contributed by atoms with van der Waals surface area (Å²) in [6.07, 6.45) is 0. The lowest BCUT2D eigenvalue weighted by molar-refractivity contribution is -0.142. The van der Waals surface area contributed by atoms with E-state index >= 15 is 0 Å². The zero-order valence-electron chi connectivity index (χ0n) is 21.1. The minimum absolute atomic E-state index is 0.500. The monoisotopic (exact) mass is 467 g/mol. The van der Waals surface area contributed by atoms with Crippen LogP contribution in [0.5, 0.6) is 23.0 Å². The molecular weight excluding hydrogens is 434 g/mol. The van der Waals surface area contributed by atoms with Crippen molar-refractivity contribution in [2.45, 2.75) is 27.7 Å². The van der Waals surface area contributed by atoms with Crippen molar-refractivity contribution in [2.24, 2.45) is 10.8 Å². The molecule has 182 valence electrons. The first-order valence-corrected chi connectivity index (χ1v) is 10.6. The highest BCUT2D eigenvalue weighted by atomic mass is 16.5. The van der Waals surface area contributed by atoms with E-state index in [1.165, 1.54) is 0 Å². The van der Waals surface area contributed by atoms with E-state index in [0.29, 0.717) is 28.6 Å². The first-order chi connectivity index (χ1) is 16.0. The molecule has 0 heterocycles. The standard InChI is InChI=1S/C27H33NO6/c1-17(20-15-22(32-7)24(34-9)23(16-20)33-8)18-10-11-21(31-6)19(14-18)12-13-26(2,3)27(4,5)25(29)28-30/h10-11,14-16,30H,1H2,2-9H3,(H,28,29). The van der Waals surface area contributed by atoms with E-state index in [9.17, 15) is 4.79 Å². The lowest BCUT2D eigenvalue weighted by Crippen LogP contribution is -2.44. The van der Waals surface area contributed by atoms with Crippen LogP contribution in [0.2, 0.25) is 0 Å². The second kappa shape index (κ2) is 10.5. The Balaban J connectivity index is 2.55. The van der Waals surface area contributed by atoms with Gasteiger partial charge in [-0.05, 0) is 68.7 Å². The highest BCUT2D eigenvalue weighted by molar-refractivity contribution is 5.83. The number of hydroxylamine groups is 1. The number of methoxy groups -OCH3 is 4. The fourth-order valence-electron chi connectivity index (χ4n) is 3.22. The highest BCUT2D eigenvalue weighted by Gasteiger charge is 2.42. The molecule has 0 fully saturated rings. The molecule has 0 spiro atoms. The van der Waals surface area contributed by atoms with Crippen LogP contribution in [0.25, 0.3) is 5.57 Å². The molecule has 7 heteroatoms. The fraction of sp³-hybridized carbons (Fsp3) is 0.370. The van der Waals surface area contributed by atoms with Gasteiger partial charge in [0.1, 0.15) is 5.75 Å². The number of hydrogen-bond acceptors (Lipinski definition) is 6. The Morgan fingerprint density at radius 2 is 1.44 bits per heavy atom. The van der Waals surface area contributed by atoms with Crippen molar-refractivity contribution in [2.75, 3.05) is 28.4 Å². The maximum Gasteiger partial charge on any atom is 0.250 e. The highest BCUT2D eigenvalue weighted by Crippen LogP contribution is 2.41. The second-order valence-electron chi connectivity index (χ2n) is 8.75. The van der Waals surface area contributed by atoms with Crippen LogP contribution >= 0.6 is 0 Å². The average molecular weight is 468 g/mol. The Morgan fingerprint density at radius 1 is 0.882 bits per heavy atom. The molecule has 2 aromatic rings. The molecule has 2 N–H and O–H groups in total. The van der Waals surface area contributed by atoms with Gasteiger partial charge >= 0.3 is 0 Å². The SMILES string of the molecule is C=C(c1ccc(OC)c(C#CC(C)(C)C(C)(C)C(=O)NO)c1)c1cc(OC)c(OC)c(OC)c1. The van der Waals surface area contributed by atoms with E-state index in [2.05, 4.69) is 18.4 Å². The van der Waals surface area contributed by atoms with E-state index in [-0.39, 0.29) is 0 Å². The maximum absolute atomic E-state index is 12.2. The molecule has 7 nitrogen and oxygen atoms in total. The van der Waals surface area contributed by atoms with Gasteiger partial charge in [-0.3, -0.25) is 10.0 Å². The third-order valence-electron chi connectivity index (χ3n) is 6.30. The summed E-state index contributed by atoms with van der Waals surface area (Å²) < 4.78 is 21.8. The van der Waals surface area contributed by atoms with Gasteiger partial charge in [0.05, 0.1) is 39.4 Å². The third-order valence-corrected chi connectivity index (χ3v) is 6.30. The van der Waals surface area contributed by atoms with Gasteiger partial charge in [-0.1, -0.05) is 24.5 Å². The lowest BCUT2D eigenvalue weighted by atomic mass is 9.68. The van der Waals surface area contributed by atoms with E-state index < -0.39 is 16.7 Å². The molecule has 0 aliphatic rings. The van der Waals surface area contributed by atoms with Gasteiger partial charge in [0.25, 0.3) is 0 Å². The van der Waals surface area contributed by atoms with Gasteiger partial charge in [0.2, 0.25) is 11.7 Å². The summed E-state index contributed by atoms with van der Waals surface area (Å²) in [6.45, 7) is 11.4. The first-order valence-electron chi connectivity index (χ1n) is 10.6. The number of hydrogen-bond donors (Lipinski definition) is 2. The van der Waals surface area contributed by atoms with Gasteiger partial charge in [0, 0.05) is 5.41 Å². The van der Waals surface area contributed by atoms with Gasteiger partial charge in [0.15, 0.2) is 11.5 Å². The van der Waals surface area contributed by atoms with Gasteiger partial charge in [-0.25, -0.2) is 5.48 Å².